The minimum absolute atomic E-state index is 0.312. The maximum absolute atomic E-state index is 9.49. The highest BCUT2D eigenvalue weighted by Gasteiger charge is 2.00. The van der Waals surface area contributed by atoms with Crippen LogP contribution in [0.5, 0.6) is 11.5 Å². The lowest BCUT2D eigenvalue weighted by molar-refractivity contribution is 0.414. The number of methoxy groups -OCH3 is 1. The van der Waals surface area contributed by atoms with Gasteiger partial charge in [0.2, 0.25) is 0 Å². The highest BCUT2D eigenvalue weighted by atomic mass is 16.5. The summed E-state index contributed by atoms with van der Waals surface area (Å²) in [6.45, 7) is 0. The number of rotatable bonds is 4. The molecule has 0 aliphatic heterocycles. The molecule has 0 aromatic heterocycles. The maximum atomic E-state index is 9.49. The summed E-state index contributed by atoms with van der Waals surface area (Å²) in [5, 5.41) is 11.7. The van der Waals surface area contributed by atoms with E-state index in [2.05, 4.69) is 30.3 Å². The van der Waals surface area contributed by atoms with E-state index in [1.165, 1.54) is 11.1 Å². The van der Waals surface area contributed by atoms with Crippen LogP contribution in [0.3, 0.4) is 0 Å². The van der Waals surface area contributed by atoms with Crippen molar-refractivity contribution < 1.29 is 9.84 Å². The fourth-order valence-corrected chi connectivity index (χ4v) is 2.55. The van der Waals surface area contributed by atoms with E-state index in [-0.39, 0.29) is 0 Å². The number of ether oxygens (including phenoxy) is 1. The van der Waals surface area contributed by atoms with Gasteiger partial charge in [0, 0.05) is 0 Å². The van der Waals surface area contributed by atoms with Gasteiger partial charge in [-0.15, -0.1) is 0 Å². The molecular weight excluding hydrogens is 260 g/mol. The highest BCUT2D eigenvalue weighted by Crippen LogP contribution is 2.22. The molecule has 0 heterocycles. The lowest BCUT2D eigenvalue weighted by Crippen LogP contribution is -1.92. The van der Waals surface area contributed by atoms with Crippen LogP contribution >= 0.6 is 0 Å². The van der Waals surface area contributed by atoms with E-state index < -0.39 is 0 Å². The van der Waals surface area contributed by atoms with E-state index in [0.29, 0.717) is 5.75 Å². The van der Waals surface area contributed by atoms with E-state index in [1.807, 2.05) is 18.2 Å². The van der Waals surface area contributed by atoms with Crippen molar-refractivity contribution >= 4 is 10.8 Å². The Labute approximate surface area is 124 Å². The van der Waals surface area contributed by atoms with Crippen molar-refractivity contribution in [1.29, 1.82) is 0 Å². The number of hydrogen-bond donors (Lipinski definition) is 1. The molecule has 1 N–H and O–H groups in total. The quantitative estimate of drug-likeness (QED) is 0.769. The first-order valence-corrected chi connectivity index (χ1v) is 7.09. The second-order valence-electron chi connectivity index (χ2n) is 5.22. The van der Waals surface area contributed by atoms with Crippen LogP contribution in [0.25, 0.3) is 10.8 Å². The number of hydrogen-bond acceptors (Lipinski definition) is 2. The molecule has 0 bridgehead atoms. The SMILES string of the molecule is COc1cccc(CCc2ccc3cc(O)ccc3c2)c1. The molecule has 3 aromatic rings. The summed E-state index contributed by atoms with van der Waals surface area (Å²) >= 11 is 0. The molecule has 2 nitrogen and oxygen atoms in total. The topological polar surface area (TPSA) is 29.5 Å². The number of phenols is 1. The van der Waals surface area contributed by atoms with Crippen molar-refractivity contribution in [3.8, 4) is 11.5 Å². The molecule has 0 atom stereocenters. The molecule has 3 aromatic carbocycles. The molecule has 106 valence electrons. The van der Waals surface area contributed by atoms with Crippen LogP contribution in [0.1, 0.15) is 11.1 Å². The molecule has 0 aliphatic rings. The van der Waals surface area contributed by atoms with Gasteiger partial charge in [-0.3, -0.25) is 0 Å². The van der Waals surface area contributed by atoms with E-state index in [1.54, 1.807) is 19.2 Å². The molecule has 0 aliphatic carbocycles. The van der Waals surface area contributed by atoms with Gasteiger partial charge in [-0.05, 0) is 59.0 Å². The number of aromatic hydroxyl groups is 1. The monoisotopic (exact) mass is 278 g/mol. The Balaban J connectivity index is 1.77. The molecule has 0 saturated heterocycles. The number of phenolic OH excluding ortho intramolecular Hbond substituents is 1. The fourth-order valence-electron chi connectivity index (χ4n) is 2.55. The zero-order valence-corrected chi connectivity index (χ0v) is 12.0. The zero-order valence-electron chi connectivity index (χ0n) is 12.0. The molecular formula is C19H18O2. The van der Waals surface area contributed by atoms with Crippen LogP contribution < -0.4 is 4.74 Å². The first-order valence-electron chi connectivity index (χ1n) is 7.09. The van der Waals surface area contributed by atoms with Crippen LogP contribution in [0, 0.1) is 0 Å². The van der Waals surface area contributed by atoms with Crippen molar-refractivity contribution in [2.75, 3.05) is 7.11 Å². The summed E-state index contributed by atoms with van der Waals surface area (Å²) in [6.07, 6.45) is 1.98. The lowest BCUT2D eigenvalue weighted by atomic mass is 10.0. The van der Waals surface area contributed by atoms with E-state index in [4.69, 9.17) is 4.74 Å². The standard InChI is InChI=1S/C19H18O2/c1-21-19-4-2-3-14(12-19)5-6-15-7-8-17-13-18(20)10-9-16(17)11-15/h2-4,7-13,20H,5-6H2,1H3. The van der Waals surface area contributed by atoms with E-state index in [9.17, 15) is 5.11 Å². The van der Waals surface area contributed by atoms with Gasteiger partial charge in [0.25, 0.3) is 0 Å². The average Bonchev–Trinajstić information content (AvgIpc) is 2.53. The number of benzene rings is 3. The Morgan fingerprint density at radius 1 is 0.810 bits per heavy atom. The fraction of sp³-hybridized carbons (Fsp3) is 0.158. The van der Waals surface area contributed by atoms with Gasteiger partial charge >= 0.3 is 0 Å². The summed E-state index contributed by atoms with van der Waals surface area (Å²) in [6, 6.07) is 20.1. The Bertz CT molecular complexity index is 762. The average molecular weight is 278 g/mol. The summed E-state index contributed by atoms with van der Waals surface area (Å²) in [4.78, 5) is 0. The van der Waals surface area contributed by atoms with Crippen molar-refractivity contribution in [2.45, 2.75) is 12.8 Å². The third-order valence-corrected chi connectivity index (χ3v) is 3.72. The van der Waals surface area contributed by atoms with Gasteiger partial charge in [0.15, 0.2) is 0 Å². The van der Waals surface area contributed by atoms with Gasteiger partial charge < -0.3 is 9.84 Å². The largest absolute Gasteiger partial charge is 0.508 e. The molecule has 0 spiro atoms. The van der Waals surface area contributed by atoms with Gasteiger partial charge in [-0.1, -0.05) is 36.4 Å². The predicted molar refractivity (Wildman–Crippen MR) is 86.0 cm³/mol. The Morgan fingerprint density at radius 2 is 1.52 bits per heavy atom. The third-order valence-electron chi connectivity index (χ3n) is 3.72. The minimum atomic E-state index is 0.312. The van der Waals surface area contributed by atoms with E-state index in [0.717, 1.165) is 29.4 Å². The number of fused-ring (bicyclic) bond motifs is 1. The van der Waals surface area contributed by atoms with Crippen LogP contribution in [-0.2, 0) is 12.8 Å². The molecule has 0 saturated carbocycles. The van der Waals surface area contributed by atoms with Gasteiger partial charge in [0.05, 0.1) is 7.11 Å². The lowest BCUT2D eigenvalue weighted by Gasteiger charge is -2.06. The molecule has 0 unspecified atom stereocenters. The van der Waals surface area contributed by atoms with Crippen LogP contribution in [-0.4, -0.2) is 12.2 Å². The van der Waals surface area contributed by atoms with Gasteiger partial charge in [-0.25, -0.2) is 0 Å². The van der Waals surface area contributed by atoms with Crippen LogP contribution in [0.2, 0.25) is 0 Å². The van der Waals surface area contributed by atoms with Gasteiger partial charge in [0.1, 0.15) is 11.5 Å². The number of aryl methyl sites for hydroxylation is 2. The zero-order chi connectivity index (χ0) is 14.7. The van der Waals surface area contributed by atoms with Crippen LogP contribution in [0.4, 0.5) is 0 Å². The summed E-state index contributed by atoms with van der Waals surface area (Å²) < 4.78 is 5.25. The minimum Gasteiger partial charge on any atom is -0.508 e. The normalized spacial score (nSPS) is 10.7. The first kappa shape index (κ1) is 13.5. The van der Waals surface area contributed by atoms with Crippen molar-refractivity contribution in [3.63, 3.8) is 0 Å². The molecule has 3 rings (SSSR count). The highest BCUT2D eigenvalue weighted by molar-refractivity contribution is 5.84. The van der Waals surface area contributed by atoms with Crippen molar-refractivity contribution in [1.82, 2.24) is 0 Å². The smallest absolute Gasteiger partial charge is 0.119 e. The maximum Gasteiger partial charge on any atom is 0.119 e. The Morgan fingerprint density at radius 3 is 2.33 bits per heavy atom. The summed E-state index contributed by atoms with van der Waals surface area (Å²) in [7, 11) is 1.69. The second kappa shape index (κ2) is 5.88. The Kier molecular flexibility index (Phi) is 3.78. The van der Waals surface area contributed by atoms with Crippen molar-refractivity contribution in [2.24, 2.45) is 0 Å². The Hall–Kier alpha value is -2.48. The molecule has 0 amide bonds. The molecule has 0 fully saturated rings. The first-order chi connectivity index (χ1) is 10.2. The van der Waals surface area contributed by atoms with Crippen LogP contribution in [0.15, 0.2) is 60.7 Å². The molecule has 0 radical (unpaired) electrons. The molecule has 21 heavy (non-hydrogen) atoms. The van der Waals surface area contributed by atoms with Crippen molar-refractivity contribution in [3.05, 3.63) is 71.8 Å². The summed E-state index contributed by atoms with van der Waals surface area (Å²) in [5.74, 6) is 1.22. The second-order valence-corrected chi connectivity index (χ2v) is 5.22. The predicted octanol–water partition coefficient (Wildman–Crippen LogP) is 4.34. The molecule has 2 heteroatoms. The van der Waals surface area contributed by atoms with E-state index >= 15 is 0 Å². The third kappa shape index (κ3) is 3.16. The van der Waals surface area contributed by atoms with Gasteiger partial charge in [-0.2, -0.15) is 0 Å². The summed E-state index contributed by atoms with van der Waals surface area (Å²) in [5.41, 5.74) is 2.58.